The summed E-state index contributed by atoms with van der Waals surface area (Å²) in [6, 6.07) is 5.88. The number of rotatable bonds is 2. The van der Waals surface area contributed by atoms with Crippen LogP contribution in [-0.4, -0.2) is 25.0 Å². The van der Waals surface area contributed by atoms with Gasteiger partial charge in [-0.15, -0.1) is 0 Å². The average molecular weight is 362 g/mol. The van der Waals surface area contributed by atoms with Crippen LogP contribution in [0.2, 0.25) is 0 Å². The van der Waals surface area contributed by atoms with Crippen molar-refractivity contribution in [1.29, 1.82) is 0 Å². The molecule has 0 aromatic heterocycles. The van der Waals surface area contributed by atoms with E-state index in [0.29, 0.717) is 11.6 Å². The molecule has 92 valence electrons. The maximum Gasteiger partial charge on any atom is 0.252 e. The largest absolute Gasteiger partial charge is 0.349 e. The van der Waals surface area contributed by atoms with Gasteiger partial charge in [-0.2, -0.15) is 0 Å². The molecule has 1 aromatic carbocycles. The van der Waals surface area contributed by atoms with Crippen LogP contribution in [-0.2, 0) is 0 Å². The molecule has 1 aliphatic heterocycles. The van der Waals surface area contributed by atoms with Gasteiger partial charge in [-0.1, -0.05) is 15.9 Å². The van der Waals surface area contributed by atoms with Crippen molar-refractivity contribution >= 4 is 37.8 Å². The Morgan fingerprint density at radius 3 is 2.65 bits per heavy atom. The van der Waals surface area contributed by atoms with Gasteiger partial charge in [0.25, 0.3) is 5.91 Å². The topological polar surface area (TPSA) is 41.1 Å². The van der Waals surface area contributed by atoms with E-state index in [4.69, 9.17) is 0 Å². The van der Waals surface area contributed by atoms with E-state index in [-0.39, 0.29) is 5.91 Å². The molecule has 2 rings (SSSR count). The molecule has 1 aromatic rings. The first kappa shape index (κ1) is 13.1. The second-order valence-corrected chi connectivity index (χ2v) is 5.89. The number of piperidine rings is 1. The molecule has 2 N–H and O–H groups in total. The fraction of sp³-hybridized carbons (Fsp3) is 0.417. The summed E-state index contributed by atoms with van der Waals surface area (Å²) in [5.41, 5.74) is 0.687. The number of carbonyl (C=O) groups excluding carboxylic acids is 1. The standard InChI is InChI=1S/C12H14Br2N2O/c13-8-1-2-10(11(14)7-8)12(17)16-9-3-5-15-6-4-9/h1-2,7,9,15H,3-6H2,(H,16,17). The summed E-state index contributed by atoms with van der Waals surface area (Å²) in [5.74, 6) is -0.00345. The normalized spacial score (nSPS) is 16.8. The van der Waals surface area contributed by atoms with Crippen LogP contribution in [0.4, 0.5) is 0 Å². The fourth-order valence-electron chi connectivity index (χ4n) is 1.90. The van der Waals surface area contributed by atoms with Gasteiger partial charge >= 0.3 is 0 Å². The van der Waals surface area contributed by atoms with Crippen LogP contribution in [0.25, 0.3) is 0 Å². The van der Waals surface area contributed by atoms with Gasteiger partial charge in [-0.25, -0.2) is 0 Å². The van der Waals surface area contributed by atoms with Crippen molar-refractivity contribution in [2.24, 2.45) is 0 Å². The van der Waals surface area contributed by atoms with Gasteiger partial charge in [0.15, 0.2) is 0 Å². The summed E-state index contributed by atoms with van der Waals surface area (Å²) in [5, 5.41) is 6.35. The first-order valence-corrected chi connectivity index (χ1v) is 7.22. The summed E-state index contributed by atoms with van der Waals surface area (Å²) in [6.45, 7) is 1.96. The number of benzene rings is 1. The minimum absolute atomic E-state index is 0.00345. The Morgan fingerprint density at radius 1 is 1.29 bits per heavy atom. The van der Waals surface area contributed by atoms with E-state index in [9.17, 15) is 4.79 Å². The second kappa shape index (κ2) is 5.98. The number of nitrogens with one attached hydrogen (secondary N) is 2. The third-order valence-corrected chi connectivity index (χ3v) is 4.00. The van der Waals surface area contributed by atoms with E-state index in [1.165, 1.54) is 0 Å². The molecule has 0 unspecified atom stereocenters. The minimum Gasteiger partial charge on any atom is -0.349 e. The van der Waals surface area contributed by atoms with Gasteiger partial charge in [0.05, 0.1) is 5.56 Å². The van der Waals surface area contributed by atoms with E-state index in [2.05, 4.69) is 42.5 Å². The van der Waals surface area contributed by atoms with Crippen molar-refractivity contribution in [3.63, 3.8) is 0 Å². The van der Waals surface area contributed by atoms with Crippen molar-refractivity contribution in [3.8, 4) is 0 Å². The van der Waals surface area contributed by atoms with Gasteiger partial charge < -0.3 is 10.6 Å². The van der Waals surface area contributed by atoms with Crippen LogP contribution in [0, 0.1) is 0 Å². The smallest absolute Gasteiger partial charge is 0.252 e. The summed E-state index contributed by atoms with van der Waals surface area (Å²) in [4.78, 5) is 12.1. The molecular formula is C12H14Br2N2O. The van der Waals surface area contributed by atoms with Crippen LogP contribution in [0.15, 0.2) is 27.1 Å². The number of amides is 1. The molecule has 3 nitrogen and oxygen atoms in total. The molecule has 0 saturated carbocycles. The predicted molar refractivity (Wildman–Crippen MR) is 75.2 cm³/mol. The van der Waals surface area contributed by atoms with Crippen molar-refractivity contribution in [3.05, 3.63) is 32.7 Å². The molecule has 0 atom stereocenters. The van der Waals surface area contributed by atoms with Crippen LogP contribution < -0.4 is 10.6 Å². The van der Waals surface area contributed by atoms with Crippen molar-refractivity contribution in [1.82, 2.24) is 10.6 Å². The summed E-state index contributed by atoms with van der Waals surface area (Å²) in [6.07, 6.45) is 2.00. The number of carbonyl (C=O) groups is 1. The molecule has 0 radical (unpaired) electrons. The average Bonchev–Trinajstić information content (AvgIpc) is 2.30. The highest BCUT2D eigenvalue weighted by atomic mass is 79.9. The van der Waals surface area contributed by atoms with Crippen LogP contribution >= 0.6 is 31.9 Å². The van der Waals surface area contributed by atoms with Gasteiger partial charge in [0, 0.05) is 15.0 Å². The number of halogens is 2. The Bertz CT molecular complexity index is 417. The van der Waals surface area contributed by atoms with E-state index in [1.54, 1.807) is 0 Å². The van der Waals surface area contributed by atoms with Gasteiger partial charge in [-0.3, -0.25) is 4.79 Å². The van der Waals surface area contributed by atoms with Crippen LogP contribution in [0.1, 0.15) is 23.2 Å². The quantitative estimate of drug-likeness (QED) is 0.850. The molecular weight excluding hydrogens is 348 g/mol. The van der Waals surface area contributed by atoms with Crippen LogP contribution in [0.3, 0.4) is 0 Å². The molecule has 17 heavy (non-hydrogen) atoms. The van der Waals surface area contributed by atoms with Crippen LogP contribution in [0.5, 0.6) is 0 Å². The highest BCUT2D eigenvalue weighted by Crippen LogP contribution is 2.22. The zero-order chi connectivity index (χ0) is 12.3. The molecule has 0 bridgehead atoms. The lowest BCUT2D eigenvalue weighted by Gasteiger charge is -2.23. The SMILES string of the molecule is O=C(NC1CCNCC1)c1ccc(Br)cc1Br. The first-order valence-electron chi connectivity index (χ1n) is 5.63. The van der Waals surface area contributed by atoms with Crippen molar-refractivity contribution < 1.29 is 4.79 Å². The van der Waals surface area contributed by atoms with Crippen molar-refractivity contribution in [2.45, 2.75) is 18.9 Å². The third kappa shape index (κ3) is 3.53. The first-order chi connectivity index (χ1) is 8.16. The minimum atomic E-state index is -0.00345. The Kier molecular flexibility index (Phi) is 4.59. The summed E-state index contributed by atoms with van der Waals surface area (Å²) in [7, 11) is 0. The van der Waals surface area contributed by atoms with E-state index in [0.717, 1.165) is 34.9 Å². The molecule has 5 heteroatoms. The highest BCUT2D eigenvalue weighted by Gasteiger charge is 2.17. The lowest BCUT2D eigenvalue weighted by atomic mass is 10.1. The Balaban J connectivity index is 2.03. The van der Waals surface area contributed by atoms with Gasteiger partial charge in [0.2, 0.25) is 0 Å². The number of hydrogen-bond acceptors (Lipinski definition) is 2. The van der Waals surface area contributed by atoms with E-state index >= 15 is 0 Å². The van der Waals surface area contributed by atoms with Gasteiger partial charge in [0.1, 0.15) is 0 Å². The molecule has 1 amide bonds. The van der Waals surface area contributed by atoms with E-state index in [1.807, 2.05) is 18.2 Å². The monoisotopic (exact) mass is 360 g/mol. The molecule has 1 saturated heterocycles. The zero-order valence-electron chi connectivity index (χ0n) is 9.30. The fourth-order valence-corrected chi connectivity index (χ4v) is 3.13. The van der Waals surface area contributed by atoms with Gasteiger partial charge in [-0.05, 0) is 60.1 Å². The maximum atomic E-state index is 12.1. The Labute approximate surface area is 118 Å². The Hall–Kier alpha value is -0.390. The zero-order valence-corrected chi connectivity index (χ0v) is 12.5. The molecule has 1 fully saturated rings. The molecule has 1 heterocycles. The van der Waals surface area contributed by atoms with Crippen molar-refractivity contribution in [2.75, 3.05) is 13.1 Å². The molecule has 0 spiro atoms. The number of hydrogen-bond donors (Lipinski definition) is 2. The lowest BCUT2D eigenvalue weighted by Crippen LogP contribution is -2.42. The van der Waals surface area contributed by atoms with E-state index < -0.39 is 0 Å². The predicted octanol–water partition coefficient (Wildman–Crippen LogP) is 2.69. The third-order valence-electron chi connectivity index (χ3n) is 2.85. The second-order valence-electron chi connectivity index (χ2n) is 4.12. The highest BCUT2D eigenvalue weighted by molar-refractivity contribution is 9.11. The Morgan fingerprint density at radius 2 is 2.00 bits per heavy atom. The summed E-state index contributed by atoms with van der Waals surface area (Å²) >= 11 is 6.78. The molecule has 1 aliphatic rings. The summed E-state index contributed by atoms with van der Waals surface area (Å²) < 4.78 is 1.78. The molecule has 0 aliphatic carbocycles. The maximum absolute atomic E-state index is 12.1. The lowest BCUT2D eigenvalue weighted by molar-refractivity contribution is 0.0929.